The van der Waals surface area contributed by atoms with Crippen molar-refractivity contribution in [2.75, 3.05) is 20.2 Å². The van der Waals surface area contributed by atoms with Crippen molar-refractivity contribution in [1.82, 2.24) is 10.2 Å². The lowest BCUT2D eigenvalue weighted by Crippen LogP contribution is -2.44. The molecular formula is C27H29FN2O3. The van der Waals surface area contributed by atoms with Crippen LogP contribution in [0.15, 0.2) is 72.8 Å². The van der Waals surface area contributed by atoms with Crippen LogP contribution in [0.5, 0.6) is 17.2 Å². The van der Waals surface area contributed by atoms with Gasteiger partial charge in [-0.15, -0.1) is 0 Å². The van der Waals surface area contributed by atoms with E-state index in [1.807, 2.05) is 48.5 Å². The number of carbonyl (C=O) groups is 1. The summed E-state index contributed by atoms with van der Waals surface area (Å²) in [5.74, 6) is 1.23. The summed E-state index contributed by atoms with van der Waals surface area (Å²) >= 11 is 0. The number of hydrogen-bond donors (Lipinski definition) is 1. The number of halogens is 1. The fraction of sp³-hybridized carbons (Fsp3) is 0.296. The molecule has 3 aromatic rings. The number of hydrogen-bond acceptors (Lipinski definition) is 4. The molecule has 1 N–H and O–H groups in total. The zero-order valence-corrected chi connectivity index (χ0v) is 18.8. The number of ether oxygens (including phenoxy) is 2. The maximum Gasteiger partial charge on any atom is 0.224 e. The summed E-state index contributed by atoms with van der Waals surface area (Å²) in [4.78, 5) is 14.7. The number of nitrogens with zero attached hydrogens (tertiary/aromatic N) is 1. The van der Waals surface area contributed by atoms with Gasteiger partial charge in [-0.1, -0.05) is 42.5 Å². The van der Waals surface area contributed by atoms with Crippen molar-refractivity contribution in [2.24, 2.45) is 0 Å². The van der Waals surface area contributed by atoms with Gasteiger partial charge in [0.15, 0.2) is 11.5 Å². The minimum absolute atomic E-state index is 0.0840. The summed E-state index contributed by atoms with van der Waals surface area (Å²) in [5, 5.41) is 3.18. The summed E-state index contributed by atoms with van der Waals surface area (Å²) in [6.07, 6.45) is 2.29. The minimum atomic E-state index is -0.368. The molecule has 172 valence electrons. The van der Waals surface area contributed by atoms with Crippen molar-refractivity contribution in [2.45, 2.75) is 31.8 Å². The molecule has 1 aliphatic rings. The van der Waals surface area contributed by atoms with E-state index in [4.69, 9.17) is 9.47 Å². The molecule has 0 spiro atoms. The topological polar surface area (TPSA) is 50.8 Å². The Morgan fingerprint density at radius 2 is 1.73 bits per heavy atom. The molecule has 1 amide bonds. The predicted octanol–water partition coefficient (Wildman–Crippen LogP) is 4.95. The Bertz CT molecular complexity index is 1070. The molecule has 1 saturated heterocycles. The fourth-order valence-electron chi connectivity index (χ4n) is 4.11. The lowest BCUT2D eigenvalue weighted by atomic mass is 10.0. The molecule has 1 fully saturated rings. The van der Waals surface area contributed by atoms with E-state index in [0.29, 0.717) is 23.7 Å². The Balaban J connectivity index is 1.27. The largest absolute Gasteiger partial charge is 0.493 e. The van der Waals surface area contributed by atoms with Crippen LogP contribution in [-0.2, 0) is 17.8 Å². The SMILES string of the molecule is COc1cc(F)ccc1Oc1cccc(CN2CCC(NC(=O)Cc3ccccc3)CC2)c1. The van der Waals surface area contributed by atoms with Crippen LogP contribution < -0.4 is 14.8 Å². The lowest BCUT2D eigenvalue weighted by molar-refractivity contribution is -0.121. The molecule has 0 radical (unpaired) electrons. The van der Waals surface area contributed by atoms with Gasteiger partial charge in [0.25, 0.3) is 0 Å². The molecule has 1 aliphatic heterocycles. The van der Waals surface area contributed by atoms with Crippen molar-refractivity contribution >= 4 is 5.91 Å². The van der Waals surface area contributed by atoms with E-state index in [-0.39, 0.29) is 17.8 Å². The number of benzene rings is 3. The molecule has 3 aromatic carbocycles. The van der Waals surface area contributed by atoms with Crippen LogP contribution >= 0.6 is 0 Å². The maximum atomic E-state index is 13.4. The van der Waals surface area contributed by atoms with Gasteiger partial charge in [-0.2, -0.15) is 0 Å². The zero-order chi connectivity index (χ0) is 23.0. The summed E-state index contributed by atoms with van der Waals surface area (Å²) in [6, 6.07) is 22.2. The number of amides is 1. The van der Waals surface area contributed by atoms with Crippen LogP contribution in [-0.4, -0.2) is 37.0 Å². The first-order chi connectivity index (χ1) is 16.1. The summed E-state index contributed by atoms with van der Waals surface area (Å²) in [5.41, 5.74) is 2.17. The molecule has 5 nitrogen and oxygen atoms in total. The number of rotatable bonds is 8. The van der Waals surface area contributed by atoms with Crippen molar-refractivity contribution in [3.8, 4) is 17.2 Å². The Morgan fingerprint density at radius 1 is 0.970 bits per heavy atom. The van der Waals surface area contributed by atoms with Crippen LogP contribution in [0.25, 0.3) is 0 Å². The molecule has 0 aromatic heterocycles. The first kappa shape index (κ1) is 22.8. The highest BCUT2D eigenvalue weighted by Crippen LogP contribution is 2.32. The van der Waals surface area contributed by atoms with Gasteiger partial charge in [0.2, 0.25) is 5.91 Å². The minimum Gasteiger partial charge on any atom is -0.493 e. The molecular weight excluding hydrogens is 419 g/mol. The number of carbonyl (C=O) groups excluding carboxylic acids is 1. The first-order valence-electron chi connectivity index (χ1n) is 11.2. The van der Waals surface area contributed by atoms with Crippen LogP contribution in [0.2, 0.25) is 0 Å². The highest BCUT2D eigenvalue weighted by Gasteiger charge is 2.21. The molecule has 6 heteroatoms. The second kappa shape index (κ2) is 11.0. The van der Waals surface area contributed by atoms with E-state index >= 15 is 0 Å². The molecule has 33 heavy (non-hydrogen) atoms. The number of nitrogens with one attached hydrogen (secondary N) is 1. The second-order valence-electron chi connectivity index (χ2n) is 8.32. The van der Waals surface area contributed by atoms with Crippen molar-refractivity contribution in [1.29, 1.82) is 0 Å². The van der Waals surface area contributed by atoms with Gasteiger partial charge in [-0.05, 0) is 48.2 Å². The van der Waals surface area contributed by atoms with E-state index < -0.39 is 0 Å². The number of methoxy groups -OCH3 is 1. The lowest BCUT2D eigenvalue weighted by Gasteiger charge is -2.32. The average molecular weight is 449 g/mol. The van der Waals surface area contributed by atoms with Gasteiger partial charge in [0.1, 0.15) is 11.6 Å². The van der Waals surface area contributed by atoms with E-state index in [1.54, 1.807) is 6.07 Å². The van der Waals surface area contributed by atoms with Crippen molar-refractivity contribution in [3.05, 3.63) is 89.7 Å². The van der Waals surface area contributed by atoms with Gasteiger partial charge in [-0.25, -0.2) is 4.39 Å². The van der Waals surface area contributed by atoms with E-state index in [0.717, 1.165) is 43.6 Å². The van der Waals surface area contributed by atoms with Gasteiger partial charge < -0.3 is 14.8 Å². The smallest absolute Gasteiger partial charge is 0.224 e. The zero-order valence-electron chi connectivity index (χ0n) is 18.8. The van der Waals surface area contributed by atoms with Gasteiger partial charge in [0, 0.05) is 31.7 Å². The van der Waals surface area contributed by atoms with Crippen LogP contribution in [0, 0.1) is 5.82 Å². The van der Waals surface area contributed by atoms with Gasteiger partial charge >= 0.3 is 0 Å². The highest BCUT2D eigenvalue weighted by atomic mass is 19.1. The molecule has 1 heterocycles. The van der Waals surface area contributed by atoms with Gasteiger partial charge in [-0.3, -0.25) is 9.69 Å². The average Bonchev–Trinajstić information content (AvgIpc) is 2.82. The van der Waals surface area contributed by atoms with Crippen LogP contribution in [0.1, 0.15) is 24.0 Å². The number of likely N-dealkylation sites (tertiary alicyclic amines) is 1. The van der Waals surface area contributed by atoms with Crippen LogP contribution in [0.4, 0.5) is 4.39 Å². The second-order valence-corrected chi connectivity index (χ2v) is 8.32. The predicted molar refractivity (Wildman–Crippen MR) is 126 cm³/mol. The molecule has 0 bridgehead atoms. The van der Waals surface area contributed by atoms with Crippen molar-refractivity contribution in [3.63, 3.8) is 0 Å². The molecule has 4 rings (SSSR count). The highest BCUT2D eigenvalue weighted by molar-refractivity contribution is 5.78. The quantitative estimate of drug-likeness (QED) is 0.530. The summed E-state index contributed by atoms with van der Waals surface area (Å²) in [7, 11) is 1.49. The molecule has 0 atom stereocenters. The van der Waals surface area contributed by atoms with Crippen LogP contribution in [0.3, 0.4) is 0 Å². The number of piperidine rings is 1. The standard InChI is InChI=1S/C27H29FN2O3/c1-32-26-18-22(28)10-11-25(26)33-24-9-5-8-21(16-24)19-30-14-12-23(13-15-30)29-27(31)17-20-6-3-2-4-7-20/h2-11,16,18,23H,12-15,17,19H2,1H3,(H,29,31). The Hall–Kier alpha value is -3.38. The Morgan fingerprint density at radius 3 is 2.48 bits per heavy atom. The monoisotopic (exact) mass is 448 g/mol. The maximum absolute atomic E-state index is 13.4. The third-order valence-electron chi connectivity index (χ3n) is 5.82. The third-order valence-corrected chi connectivity index (χ3v) is 5.82. The van der Waals surface area contributed by atoms with E-state index in [1.165, 1.54) is 19.2 Å². The summed E-state index contributed by atoms with van der Waals surface area (Å²) < 4.78 is 24.6. The van der Waals surface area contributed by atoms with Gasteiger partial charge in [0.05, 0.1) is 13.5 Å². The molecule has 0 saturated carbocycles. The third kappa shape index (κ3) is 6.56. The molecule has 0 unspecified atom stereocenters. The summed E-state index contributed by atoms with van der Waals surface area (Å²) in [6.45, 7) is 2.66. The first-order valence-corrected chi connectivity index (χ1v) is 11.2. The van der Waals surface area contributed by atoms with Crippen molar-refractivity contribution < 1.29 is 18.7 Å². The van der Waals surface area contributed by atoms with E-state index in [9.17, 15) is 9.18 Å². The van der Waals surface area contributed by atoms with E-state index in [2.05, 4.69) is 16.3 Å². The Kier molecular flexibility index (Phi) is 7.58. The fourth-order valence-corrected chi connectivity index (χ4v) is 4.11. The molecule has 0 aliphatic carbocycles. The normalized spacial score (nSPS) is 14.6. The Labute approximate surface area is 194 Å².